The van der Waals surface area contributed by atoms with Crippen molar-refractivity contribution >= 4 is 39.5 Å². The molecule has 0 bridgehead atoms. The lowest BCUT2D eigenvalue weighted by Crippen LogP contribution is -2.36. The summed E-state index contributed by atoms with van der Waals surface area (Å²) in [4.78, 5) is 29.6. The van der Waals surface area contributed by atoms with Crippen LogP contribution >= 0.6 is 0 Å². The minimum absolute atomic E-state index is 0.0474. The van der Waals surface area contributed by atoms with Crippen LogP contribution < -0.4 is 21.5 Å². The highest BCUT2D eigenvalue weighted by Gasteiger charge is 2.38. The lowest BCUT2D eigenvalue weighted by atomic mass is 10.1. The molecule has 0 aliphatic heterocycles. The minimum atomic E-state index is -5.08. The van der Waals surface area contributed by atoms with E-state index in [-0.39, 0.29) is 28.7 Å². The number of sulfonamides is 1. The van der Waals surface area contributed by atoms with Crippen molar-refractivity contribution in [3.63, 3.8) is 0 Å². The monoisotopic (exact) mass is 616 g/mol. The first-order valence-corrected chi connectivity index (χ1v) is 11.8. The molecule has 226 valence electrons. The Balaban J connectivity index is 0.000000941. The summed E-state index contributed by atoms with van der Waals surface area (Å²) in [7, 11) is -3.91. The lowest BCUT2D eigenvalue weighted by Gasteiger charge is -2.09. The second kappa shape index (κ2) is 15.2. The summed E-state index contributed by atoms with van der Waals surface area (Å²) in [5, 5.41) is 31.5. The van der Waals surface area contributed by atoms with Crippen molar-refractivity contribution < 1.29 is 59.4 Å². The van der Waals surface area contributed by atoms with Crippen LogP contribution in [0.15, 0.2) is 53.4 Å². The molecule has 2 rings (SSSR count). The molecule has 0 heterocycles. The third-order valence-electron chi connectivity index (χ3n) is 4.12. The highest BCUT2D eigenvalue weighted by atomic mass is 32.2. The van der Waals surface area contributed by atoms with E-state index in [0.717, 1.165) is 5.56 Å². The van der Waals surface area contributed by atoms with Crippen LogP contribution in [0.5, 0.6) is 0 Å². The Morgan fingerprint density at radius 2 is 1.24 bits per heavy atom. The second-order valence-corrected chi connectivity index (χ2v) is 9.03. The zero-order valence-corrected chi connectivity index (χ0v) is 21.1. The van der Waals surface area contributed by atoms with Gasteiger partial charge in [0, 0.05) is 17.7 Å². The molecule has 41 heavy (non-hydrogen) atoms. The molecule has 2 aromatic rings. The molecule has 0 saturated heterocycles. The molecular formula is C21H22F6N6O7S. The quantitative estimate of drug-likeness (QED) is 0.120. The van der Waals surface area contributed by atoms with Crippen molar-refractivity contribution in [2.45, 2.75) is 23.8 Å². The number of carbonyl (C=O) groups excluding carboxylic acids is 1. The largest absolute Gasteiger partial charge is 0.490 e. The van der Waals surface area contributed by atoms with Crippen molar-refractivity contribution in [2.24, 2.45) is 11.5 Å². The number of halogens is 6. The summed E-state index contributed by atoms with van der Waals surface area (Å²) < 4.78 is 90.2. The van der Waals surface area contributed by atoms with E-state index in [4.69, 9.17) is 42.1 Å². The van der Waals surface area contributed by atoms with Crippen molar-refractivity contribution in [3.8, 4) is 0 Å². The van der Waals surface area contributed by atoms with Gasteiger partial charge in [0.1, 0.15) is 11.7 Å². The van der Waals surface area contributed by atoms with Gasteiger partial charge in [0.2, 0.25) is 15.9 Å². The number of hydrogen-bond donors (Lipinski definition) is 8. The number of carbonyl (C=O) groups is 3. The van der Waals surface area contributed by atoms with E-state index in [2.05, 4.69) is 10.0 Å². The van der Waals surface area contributed by atoms with Gasteiger partial charge in [0.15, 0.2) is 0 Å². The molecule has 2 aromatic carbocycles. The Hall–Kier alpha value is -4.72. The van der Waals surface area contributed by atoms with Crippen LogP contribution in [-0.4, -0.2) is 67.0 Å². The Kier molecular flexibility index (Phi) is 13.4. The molecule has 10 N–H and O–H groups in total. The summed E-state index contributed by atoms with van der Waals surface area (Å²) in [5.74, 6) is -6.31. The summed E-state index contributed by atoms with van der Waals surface area (Å²) in [6, 6.07) is 12.4. The normalized spacial score (nSPS) is 11.1. The van der Waals surface area contributed by atoms with Gasteiger partial charge in [0.25, 0.3) is 0 Å². The van der Waals surface area contributed by atoms with Crippen LogP contribution in [0, 0.1) is 10.8 Å². The molecule has 0 fully saturated rings. The molecule has 0 aliphatic carbocycles. The first kappa shape index (κ1) is 36.3. The highest BCUT2D eigenvalue weighted by molar-refractivity contribution is 7.89. The van der Waals surface area contributed by atoms with E-state index >= 15 is 0 Å². The average molecular weight is 616 g/mol. The zero-order chi connectivity index (χ0) is 32.2. The Labute approximate surface area is 227 Å². The molecule has 1 amide bonds. The lowest BCUT2D eigenvalue weighted by molar-refractivity contribution is -0.193. The third kappa shape index (κ3) is 14.3. The predicted octanol–water partition coefficient (Wildman–Crippen LogP) is 1.12. The molecule has 0 aromatic heterocycles. The Morgan fingerprint density at radius 1 is 0.805 bits per heavy atom. The van der Waals surface area contributed by atoms with Gasteiger partial charge >= 0.3 is 24.3 Å². The summed E-state index contributed by atoms with van der Waals surface area (Å²) in [6.07, 6.45) is -10.2. The molecular weight excluding hydrogens is 594 g/mol. The number of aliphatic carboxylic acids is 2. The fourth-order valence-electron chi connectivity index (χ4n) is 2.14. The van der Waals surface area contributed by atoms with Gasteiger partial charge in [-0.25, -0.2) is 22.7 Å². The first-order chi connectivity index (χ1) is 18.6. The summed E-state index contributed by atoms with van der Waals surface area (Å²) in [5.41, 5.74) is 12.4. The Bertz CT molecular complexity index is 1340. The summed E-state index contributed by atoms with van der Waals surface area (Å²) >= 11 is 0. The van der Waals surface area contributed by atoms with Crippen LogP contribution in [0.25, 0.3) is 0 Å². The Morgan fingerprint density at radius 3 is 1.63 bits per heavy atom. The SMILES string of the molecule is N=C(N)c1ccc(CNC(=O)CNS(=O)(=O)c2cccc(C(=N)N)c2)cc1.O=C(O)C(F)(F)F.O=C(O)C(F)(F)F. The van der Waals surface area contributed by atoms with E-state index in [1.807, 2.05) is 0 Å². The maximum Gasteiger partial charge on any atom is 0.490 e. The van der Waals surface area contributed by atoms with Gasteiger partial charge < -0.3 is 27.0 Å². The van der Waals surface area contributed by atoms with Crippen LogP contribution in [0.4, 0.5) is 26.3 Å². The number of alkyl halides is 6. The standard InChI is InChI=1S/C17H20N6O3S.2C2HF3O2/c18-16(19)12-6-4-11(5-7-12)9-22-15(24)10-23-27(25,26)14-3-1-2-13(8-14)17(20)21;2*3-2(4,5)1(6)7/h1-8,23H,9-10H2,(H3,18,19)(H3,20,21)(H,22,24);2*(H,6,7). The van der Waals surface area contributed by atoms with Gasteiger partial charge in [-0.2, -0.15) is 26.3 Å². The molecule has 0 unspecified atom stereocenters. The van der Waals surface area contributed by atoms with Gasteiger partial charge in [-0.3, -0.25) is 15.6 Å². The number of amidine groups is 2. The van der Waals surface area contributed by atoms with Gasteiger partial charge in [-0.1, -0.05) is 36.4 Å². The fourth-order valence-corrected chi connectivity index (χ4v) is 3.17. The maximum absolute atomic E-state index is 12.3. The van der Waals surface area contributed by atoms with Crippen LogP contribution in [-0.2, 0) is 31.0 Å². The van der Waals surface area contributed by atoms with E-state index in [0.29, 0.717) is 5.56 Å². The number of benzene rings is 2. The minimum Gasteiger partial charge on any atom is -0.475 e. The number of rotatable bonds is 8. The number of carboxylic acids is 2. The van der Waals surface area contributed by atoms with Crippen molar-refractivity contribution in [3.05, 3.63) is 65.2 Å². The van der Waals surface area contributed by atoms with Gasteiger partial charge in [-0.15, -0.1) is 0 Å². The van der Waals surface area contributed by atoms with Crippen LogP contribution in [0.1, 0.15) is 16.7 Å². The van der Waals surface area contributed by atoms with Crippen molar-refractivity contribution in [2.75, 3.05) is 6.54 Å². The summed E-state index contributed by atoms with van der Waals surface area (Å²) in [6.45, 7) is -0.225. The van der Waals surface area contributed by atoms with Crippen LogP contribution in [0.3, 0.4) is 0 Å². The van der Waals surface area contributed by atoms with E-state index < -0.39 is 46.8 Å². The van der Waals surface area contributed by atoms with Crippen LogP contribution in [0.2, 0.25) is 0 Å². The topological polar surface area (TPSA) is 250 Å². The number of carboxylic acid groups (broad SMARTS) is 2. The number of hydrogen-bond acceptors (Lipinski definition) is 7. The average Bonchev–Trinajstić information content (AvgIpc) is 2.86. The molecule has 13 nitrogen and oxygen atoms in total. The highest BCUT2D eigenvalue weighted by Crippen LogP contribution is 2.14. The van der Waals surface area contributed by atoms with Crippen molar-refractivity contribution in [1.82, 2.24) is 10.0 Å². The molecule has 20 heteroatoms. The van der Waals surface area contributed by atoms with E-state index in [1.165, 1.54) is 24.3 Å². The molecule has 0 saturated carbocycles. The molecule has 0 aliphatic rings. The van der Waals surface area contributed by atoms with Gasteiger partial charge in [-0.05, 0) is 17.7 Å². The molecule has 0 radical (unpaired) electrons. The molecule has 0 spiro atoms. The van der Waals surface area contributed by atoms with E-state index in [9.17, 15) is 39.6 Å². The number of nitrogens with one attached hydrogen (secondary N) is 4. The maximum atomic E-state index is 12.3. The second-order valence-electron chi connectivity index (χ2n) is 7.26. The first-order valence-electron chi connectivity index (χ1n) is 10.3. The third-order valence-corrected chi connectivity index (χ3v) is 5.52. The smallest absolute Gasteiger partial charge is 0.475 e. The fraction of sp³-hybridized carbons (Fsp3) is 0.190. The number of nitrogens with two attached hydrogens (primary N) is 2. The number of nitrogen functional groups attached to an aromatic ring is 2. The van der Waals surface area contributed by atoms with Gasteiger partial charge in [0.05, 0.1) is 11.4 Å². The molecule has 0 atom stereocenters. The van der Waals surface area contributed by atoms with E-state index in [1.54, 1.807) is 24.3 Å². The predicted molar refractivity (Wildman–Crippen MR) is 129 cm³/mol. The zero-order valence-electron chi connectivity index (χ0n) is 20.3. The number of amides is 1. The van der Waals surface area contributed by atoms with Crippen molar-refractivity contribution in [1.29, 1.82) is 10.8 Å².